The first-order valence-electron chi connectivity index (χ1n) is 9.00. The number of unbranched alkanes of at least 4 members (excludes halogenated alkanes) is 2. The fraction of sp³-hybridized carbons (Fsp3) is 0.882. The van der Waals surface area contributed by atoms with Gasteiger partial charge in [0.1, 0.15) is 0 Å². The summed E-state index contributed by atoms with van der Waals surface area (Å²) in [6, 6.07) is -0.221. The van der Waals surface area contributed by atoms with Crippen LogP contribution in [0.15, 0.2) is 0 Å². The summed E-state index contributed by atoms with van der Waals surface area (Å²) < 4.78 is 0. The highest BCUT2D eigenvalue weighted by Gasteiger charge is 2.25. The zero-order valence-corrected chi connectivity index (χ0v) is 15.4. The van der Waals surface area contributed by atoms with Gasteiger partial charge in [0.05, 0.1) is 0 Å². The molecule has 0 atom stereocenters. The van der Waals surface area contributed by atoms with Crippen molar-refractivity contribution in [1.29, 1.82) is 0 Å². The van der Waals surface area contributed by atoms with E-state index in [0.29, 0.717) is 13.1 Å². The van der Waals surface area contributed by atoms with Crippen LogP contribution in [-0.4, -0.2) is 38.7 Å². The Hall–Kier alpha value is -1.46. The molecule has 0 bridgehead atoms. The van der Waals surface area contributed by atoms with E-state index in [-0.39, 0.29) is 17.5 Å². The van der Waals surface area contributed by atoms with Gasteiger partial charge in [-0.25, -0.2) is 9.59 Å². The first kappa shape index (κ1) is 21.5. The van der Waals surface area contributed by atoms with Crippen LogP contribution in [0.1, 0.15) is 65.7 Å². The van der Waals surface area contributed by atoms with Crippen LogP contribution in [-0.2, 0) is 0 Å². The quantitative estimate of drug-likeness (QED) is 0.415. The van der Waals surface area contributed by atoms with Crippen molar-refractivity contribution in [1.82, 2.24) is 21.3 Å². The normalized spacial score (nSPS) is 11.0. The molecule has 0 aliphatic heterocycles. The summed E-state index contributed by atoms with van der Waals surface area (Å²) in [6.07, 6.45) is 7.27. The second-order valence-corrected chi connectivity index (χ2v) is 6.10. The molecule has 0 aromatic carbocycles. The molecule has 0 heterocycles. The largest absolute Gasteiger partial charge is 0.341 e. The molecule has 6 heteroatoms. The lowest BCUT2D eigenvalue weighted by atomic mass is 9.76. The Kier molecular flexibility index (Phi) is 12.2. The molecule has 0 radical (unpaired) electrons. The van der Waals surface area contributed by atoms with Crippen molar-refractivity contribution in [3.05, 3.63) is 0 Å². The van der Waals surface area contributed by atoms with Crippen LogP contribution in [0.4, 0.5) is 9.59 Å². The number of hydrogen-bond donors (Lipinski definition) is 4. The van der Waals surface area contributed by atoms with E-state index in [1.807, 2.05) is 0 Å². The molecule has 0 rings (SSSR count). The van der Waals surface area contributed by atoms with Gasteiger partial charge in [-0.2, -0.15) is 0 Å². The Morgan fingerprint density at radius 2 is 1.30 bits per heavy atom. The van der Waals surface area contributed by atoms with Crippen molar-refractivity contribution < 1.29 is 9.59 Å². The smallest absolute Gasteiger partial charge is 0.314 e. The van der Waals surface area contributed by atoms with Crippen LogP contribution in [0.25, 0.3) is 0 Å². The molecule has 0 aliphatic rings. The molecule has 0 unspecified atom stereocenters. The molecule has 136 valence electrons. The molecule has 0 fully saturated rings. The van der Waals surface area contributed by atoms with Crippen molar-refractivity contribution in [3.8, 4) is 0 Å². The lowest BCUT2D eigenvalue weighted by Gasteiger charge is -2.32. The first-order chi connectivity index (χ1) is 11.0. The highest BCUT2D eigenvalue weighted by molar-refractivity contribution is 5.73. The number of nitrogens with one attached hydrogen (secondary N) is 4. The van der Waals surface area contributed by atoms with Gasteiger partial charge in [0.15, 0.2) is 0 Å². The van der Waals surface area contributed by atoms with E-state index >= 15 is 0 Å². The van der Waals surface area contributed by atoms with Gasteiger partial charge in [0, 0.05) is 26.7 Å². The van der Waals surface area contributed by atoms with E-state index in [2.05, 4.69) is 42.0 Å². The van der Waals surface area contributed by atoms with E-state index < -0.39 is 0 Å². The third-order valence-corrected chi connectivity index (χ3v) is 4.67. The van der Waals surface area contributed by atoms with Crippen LogP contribution in [0, 0.1) is 5.41 Å². The van der Waals surface area contributed by atoms with Crippen molar-refractivity contribution in [2.75, 3.05) is 26.7 Å². The summed E-state index contributed by atoms with van der Waals surface area (Å²) >= 11 is 0. The molecule has 0 spiro atoms. The average Bonchev–Trinajstić information content (AvgIpc) is 2.57. The molecule has 0 aromatic heterocycles. The van der Waals surface area contributed by atoms with Crippen LogP contribution < -0.4 is 21.3 Å². The van der Waals surface area contributed by atoms with Crippen LogP contribution in [0.3, 0.4) is 0 Å². The minimum atomic E-state index is -0.143. The summed E-state index contributed by atoms with van der Waals surface area (Å²) in [5, 5.41) is 11.2. The van der Waals surface area contributed by atoms with E-state index in [4.69, 9.17) is 0 Å². The lowest BCUT2D eigenvalue weighted by Crippen LogP contribution is -2.39. The third kappa shape index (κ3) is 10.0. The number of amides is 4. The molecule has 0 aromatic rings. The zero-order valence-electron chi connectivity index (χ0n) is 15.4. The summed E-state index contributed by atoms with van der Waals surface area (Å²) in [4.78, 5) is 23.0. The SMILES string of the molecule is CCCCCNC(=O)NCCC(CC)(CC)CCNC(=O)NC. The minimum Gasteiger partial charge on any atom is -0.341 e. The number of urea groups is 2. The second-order valence-electron chi connectivity index (χ2n) is 6.10. The van der Waals surface area contributed by atoms with E-state index in [0.717, 1.165) is 51.5 Å². The van der Waals surface area contributed by atoms with Crippen molar-refractivity contribution in [2.45, 2.75) is 65.7 Å². The fourth-order valence-corrected chi connectivity index (χ4v) is 2.69. The molecular formula is C17H36N4O2. The van der Waals surface area contributed by atoms with Crippen molar-refractivity contribution >= 4 is 12.1 Å². The standard InChI is InChI=1S/C17H36N4O2/c1-5-8-9-12-19-16(23)21-14-11-17(6-2,7-3)10-13-20-15(22)18-4/h5-14H2,1-4H3,(H2,18,20,22)(H2,19,21,23). The number of hydrogen-bond acceptors (Lipinski definition) is 2. The molecule has 0 saturated carbocycles. The molecular weight excluding hydrogens is 292 g/mol. The Labute approximate surface area is 141 Å². The van der Waals surface area contributed by atoms with Gasteiger partial charge in [-0.15, -0.1) is 0 Å². The van der Waals surface area contributed by atoms with Gasteiger partial charge in [0.2, 0.25) is 0 Å². The van der Waals surface area contributed by atoms with Gasteiger partial charge in [-0.3, -0.25) is 0 Å². The summed E-state index contributed by atoms with van der Waals surface area (Å²) in [7, 11) is 1.62. The zero-order chi connectivity index (χ0) is 17.6. The Morgan fingerprint density at radius 3 is 1.78 bits per heavy atom. The highest BCUT2D eigenvalue weighted by atomic mass is 16.2. The Balaban J connectivity index is 4.06. The second kappa shape index (κ2) is 13.0. The minimum absolute atomic E-state index is 0.0781. The molecule has 6 nitrogen and oxygen atoms in total. The van der Waals surface area contributed by atoms with Crippen molar-refractivity contribution in [2.24, 2.45) is 5.41 Å². The van der Waals surface area contributed by atoms with E-state index in [1.54, 1.807) is 7.05 Å². The highest BCUT2D eigenvalue weighted by Crippen LogP contribution is 2.33. The van der Waals surface area contributed by atoms with Gasteiger partial charge < -0.3 is 21.3 Å². The molecule has 4 N–H and O–H groups in total. The third-order valence-electron chi connectivity index (χ3n) is 4.67. The van der Waals surface area contributed by atoms with Gasteiger partial charge >= 0.3 is 12.1 Å². The maximum atomic E-state index is 11.7. The van der Waals surface area contributed by atoms with Gasteiger partial charge in [0.25, 0.3) is 0 Å². The maximum Gasteiger partial charge on any atom is 0.314 e. The maximum absolute atomic E-state index is 11.7. The average molecular weight is 329 g/mol. The fourth-order valence-electron chi connectivity index (χ4n) is 2.69. The van der Waals surface area contributed by atoms with Crippen molar-refractivity contribution in [3.63, 3.8) is 0 Å². The lowest BCUT2D eigenvalue weighted by molar-refractivity contribution is 0.206. The topological polar surface area (TPSA) is 82.3 Å². The number of rotatable bonds is 12. The number of carbonyl (C=O) groups excluding carboxylic acids is 2. The van der Waals surface area contributed by atoms with Gasteiger partial charge in [-0.05, 0) is 24.7 Å². The Morgan fingerprint density at radius 1 is 0.783 bits per heavy atom. The predicted molar refractivity (Wildman–Crippen MR) is 95.6 cm³/mol. The Bertz CT molecular complexity index is 331. The first-order valence-corrected chi connectivity index (χ1v) is 9.00. The number of carbonyl (C=O) groups is 2. The summed E-state index contributed by atoms with van der Waals surface area (Å²) in [5.74, 6) is 0. The van der Waals surface area contributed by atoms with E-state index in [9.17, 15) is 9.59 Å². The molecule has 23 heavy (non-hydrogen) atoms. The van der Waals surface area contributed by atoms with Crippen LogP contribution >= 0.6 is 0 Å². The summed E-state index contributed by atoms with van der Waals surface area (Å²) in [5.41, 5.74) is 0.163. The van der Waals surface area contributed by atoms with Crippen LogP contribution in [0.5, 0.6) is 0 Å². The monoisotopic (exact) mass is 328 g/mol. The molecule has 4 amide bonds. The predicted octanol–water partition coefficient (Wildman–Crippen LogP) is 2.99. The van der Waals surface area contributed by atoms with Crippen LogP contribution in [0.2, 0.25) is 0 Å². The molecule has 0 saturated heterocycles. The van der Waals surface area contributed by atoms with E-state index in [1.165, 1.54) is 0 Å². The molecule has 0 aliphatic carbocycles. The summed E-state index contributed by atoms with van der Waals surface area (Å²) in [6.45, 7) is 8.56. The van der Waals surface area contributed by atoms with Gasteiger partial charge in [-0.1, -0.05) is 46.5 Å².